The quantitative estimate of drug-likeness (QED) is 0.693. The van der Waals surface area contributed by atoms with Crippen LogP contribution in [-0.4, -0.2) is 95.5 Å². The molecule has 0 atom stereocenters. The maximum atomic E-state index is 12.9. The molecule has 0 aromatic carbocycles. The molecule has 2 amide bonds. The number of carbonyl (C=O) groups excluding carboxylic acids is 2. The van der Waals surface area contributed by atoms with E-state index in [2.05, 4.69) is 14.9 Å². The van der Waals surface area contributed by atoms with Crippen LogP contribution < -0.4 is 0 Å². The van der Waals surface area contributed by atoms with E-state index in [-0.39, 0.29) is 11.8 Å². The molecule has 0 aliphatic carbocycles. The van der Waals surface area contributed by atoms with Crippen LogP contribution in [-0.2, 0) is 9.53 Å². The molecule has 1 aromatic heterocycles. The maximum absolute atomic E-state index is 12.9. The fourth-order valence-corrected chi connectivity index (χ4v) is 3.42. The number of carbonyl (C=O) groups is 2. The van der Waals surface area contributed by atoms with Gasteiger partial charge in [0.1, 0.15) is 5.69 Å². The molecule has 0 bridgehead atoms. The highest BCUT2D eigenvalue weighted by Crippen LogP contribution is 2.10. The van der Waals surface area contributed by atoms with Crippen LogP contribution in [0.2, 0.25) is 0 Å². The smallest absolute Gasteiger partial charge is 0.274 e. The van der Waals surface area contributed by atoms with E-state index >= 15 is 0 Å². The van der Waals surface area contributed by atoms with Gasteiger partial charge in [0.25, 0.3) is 5.91 Å². The topological polar surface area (TPSA) is 78.9 Å². The highest BCUT2D eigenvalue weighted by molar-refractivity contribution is 5.92. The molecule has 2 aliphatic heterocycles. The van der Waals surface area contributed by atoms with Crippen LogP contribution in [0.25, 0.3) is 0 Å². The molecule has 2 fully saturated rings. The Hall–Kier alpha value is -2.06. The van der Waals surface area contributed by atoms with E-state index in [1.807, 2.05) is 11.8 Å². The molecular weight excluding hydrogens is 346 g/mol. The summed E-state index contributed by atoms with van der Waals surface area (Å²) in [5, 5.41) is 0. The molecule has 0 unspecified atom stereocenters. The lowest BCUT2D eigenvalue weighted by Gasteiger charge is -2.30. The van der Waals surface area contributed by atoms with E-state index < -0.39 is 0 Å². The average molecular weight is 375 g/mol. The summed E-state index contributed by atoms with van der Waals surface area (Å²) < 4.78 is 5.38. The molecule has 27 heavy (non-hydrogen) atoms. The Bertz CT molecular complexity index is 625. The second-order valence-electron chi connectivity index (χ2n) is 7.13. The molecule has 0 N–H and O–H groups in total. The van der Waals surface area contributed by atoms with Gasteiger partial charge in [-0.05, 0) is 19.8 Å². The SMILES string of the molecule is Cc1cnc(C(=O)N(CCC(=O)N2CCCC2)CCN2CCOCC2)cn1. The number of rotatable bonds is 7. The van der Waals surface area contributed by atoms with Gasteiger partial charge in [-0.25, -0.2) is 4.98 Å². The lowest BCUT2D eigenvalue weighted by Crippen LogP contribution is -2.44. The van der Waals surface area contributed by atoms with Crippen molar-refractivity contribution in [3.63, 3.8) is 0 Å². The van der Waals surface area contributed by atoms with E-state index in [0.29, 0.717) is 25.2 Å². The average Bonchev–Trinajstić information content (AvgIpc) is 3.24. The van der Waals surface area contributed by atoms with E-state index in [1.54, 1.807) is 11.1 Å². The monoisotopic (exact) mass is 375 g/mol. The molecule has 1 aromatic rings. The molecule has 0 radical (unpaired) electrons. The summed E-state index contributed by atoms with van der Waals surface area (Å²) in [6.45, 7) is 8.47. The Balaban J connectivity index is 1.60. The Kier molecular flexibility index (Phi) is 7.11. The van der Waals surface area contributed by atoms with Crippen molar-refractivity contribution in [1.29, 1.82) is 0 Å². The second-order valence-corrected chi connectivity index (χ2v) is 7.13. The molecule has 3 heterocycles. The summed E-state index contributed by atoms with van der Waals surface area (Å²) in [6.07, 6.45) is 5.62. The van der Waals surface area contributed by atoms with Crippen LogP contribution in [0.1, 0.15) is 35.4 Å². The Morgan fingerprint density at radius 2 is 1.81 bits per heavy atom. The molecular formula is C19H29N5O3. The molecule has 8 heteroatoms. The summed E-state index contributed by atoms with van der Waals surface area (Å²) in [4.78, 5) is 39.6. The number of hydrogen-bond acceptors (Lipinski definition) is 6. The van der Waals surface area contributed by atoms with Crippen molar-refractivity contribution in [2.75, 3.05) is 59.0 Å². The number of ether oxygens (including phenoxy) is 1. The second kappa shape index (κ2) is 9.75. The molecule has 2 aliphatic rings. The molecule has 0 saturated carbocycles. The van der Waals surface area contributed by atoms with Crippen LogP contribution in [0.5, 0.6) is 0 Å². The highest BCUT2D eigenvalue weighted by Gasteiger charge is 2.23. The predicted octanol–water partition coefficient (Wildman–Crippen LogP) is 0.572. The largest absolute Gasteiger partial charge is 0.379 e. The summed E-state index contributed by atoms with van der Waals surface area (Å²) in [6, 6.07) is 0. The lowest BCUT2D eigenvalue weighted by atomic mass is 10.2. The van der Waals surface area contributed by atoms with Crippen LogP contribution in [0, 0.1) is 6.92 Å². The lowest BCUT2D eigenvalue weighted by molar-refractivity contribution is -0.130. The minimum Gasteiger partial charge on any atom is -0.379 e. The van der Waals surface area contributed by atoms with Crippen LogP contribution in [0.15, 0.2) is 12.4 Å². The third kappa shape index (κ3) is 5.71. The zero-order valence-electron chi connectivity index (χ0n) is 16.1. The molecule has 3 rings (SSSR count). The van der Waals surface area contributed by atoms with E-state index in [4.69, 9.17) is 4.74 Å². The van der Waals surface area contributed by atoms with Crippen molar-refractivity contribution in [1.82, 2.24) is 24.7 Å². The Morgan fingerprint density at radius 3 is 2.48 bits per heavy atom. The Labute approximate surface area is 160 Å². The minimum atomic E-state index is -0.162. The van der Waals surface area contributed by atoms with Crippen molar-refractivity contribution < 1.29 is 14.3 Å². The first-order valence-corrected chi connectivity index (χ1v) is 9.79. The third-order valence-corrected chi connectivity index (χ3v) is 5.13. The summed E-state index contributed by atoms with van der Waals surface area (Å²) in [7, 11) is 0. The number of morpholine rings is 1. The van der Waals surface area contributed by atoms with Gasteiger partial charge in [0.05, 0.1) is 25.1 Å². The van der Waals surface area contributed by atoms with Gasteiger partial charge < -0.3 is 14.5 Å². The van der Waals surface area contributed by atoms with E-state index in [0.717, 1.165) is 64.5 Å². The van der Waals surface area contributed by atoms with Crippen molar-refractivity contribution in [2.24, 2.45) is 0 Å². The first kappa shape index (κ1) is 19.7. The molecule has 148 valence electrons. The van der Waals surface area contributed by atoms with Crippen LogP contribution in [0.4, 0.5) is 0 Å². The fraction of sp³-hybridized carbons (Fsp3) is 0.684. The molecule has 8 nitrogen and oxygen atoms in total. The standard InChI is InChI=1S/C19H29N5O3/c1-16-14-21-17(15-20-16)19(26)24(9-8-22-10-12-27-13-11-22)7-4-18(25)23-5-2-3-6-23/h14-15H,2-13H2,1H3. The van der Waals surface area contributed by atoms with Crippen molar-refractivity contribution >= 4 is 11.8 Å². The van der Waals surface area contributed by atoms with E-state index in [9.17, 15) is 9.59 Å². The number of amides is 2. The van der Waals surface area contributed by atoms with Gasteiger partial charge in [0.15, 0.2) is 0 Å². The first-order valence-electron chi connectivity index (χ1n) is 9.79. The Morgan fingerprint density at radius 1 is 1.07 bits per heavy atom. The van der Waals surface area contributed by atoms with Gasteiger partial charge >= 0.3 is 0 Å². The van der Waals surface area contributed by atoms with Gasteiger partial charge in [-0.2, -0.15) is 0 Å². The summed E-state index contributed by atoms with van der Waals surface area (Å²) in [5.41, 5.74) is 1.10. The number of hydrogen-bond donors (Lipinski definition) is 0. The van der Waals surface area contributed by atoms with Gasteiger partial charge in [-0.1, -0.05) is 0 Å². The normalized spacial score (nSPS) is 17.9. The van der Waals surface area contributed by atoms with Gasteiger partial charge in [0.2, 0.25) is 5.91 Å². The predicted molar refractivity (Wildman–Crippen MR) is 100 cm³/mol. The summed E-state index contributed by atoms with van der Waals surface area (Å²) in [5.74, 6) is -0.0309. The zero-order chi connectivity index (χ0) is 19.1. The van der Waals surface area contributed by atoms with Gasteiger partial charge in [-0.15, -0.1) is 0 Å². The minimum absolute atomic E-state index is 0.131. The zero-order valence-corrected chi connectivity index (χ0v) is 16.1. The van der Waals surface area contributed by atoms with E-state index in [1.165, 1.54) is 6.20 Å². The summed E-state index contributed by atoms with van der Waals surface area (Å²) >= 11 is 0. The van der Waals surface area contributed by atoms with Crippen LogP contribution in [0.3, 0.4) is 0 Å². The van der Waals surface area contributed by atoms with Gasteiger partial charge in [-0.3, -0.25) is 19.5 Å². The number of aromatic nitrogens is 2. The fourth-order valence-electron chi connectivity index (χ4n) is 3.42. The van der Waals surface area contributed by atoms with Crippen molar-refractivity contribution in [3.8, 4) is 0 Å². The van der Waals surface area contributed by atoms with Crippen molar-refractivity contribution in [3.05, 3.63) is 23.8 Å². The number of nitrogens with zero attached hydrogens (tertiary/aromatic N) is 5. The van der Waals surface area contributed by atoms with Crippen molar-refractivity contribution in [2.45, 2.75) is 26.2 Å². The molecule has 2 saturated heterocycles. The van der Waals surface area contributed by atoms with Gasteiger partial charge in [0, 0.05) is 58.4 Å². The molecule has 0 spiro atoms. The highest BCUT2D eigenvalue weighted by atomic mass is 16.5. The van der Waals surface area contributed by atoms with Crippen LogP contribution >= 0.6 is 0 Å². The number of aryl methyl sites for hydroxylation is 1. The number of likely N-dealkylation sites (tertiary alicyclic amines) is 1. The maximum Gasteiger partial charge on any atom is 0.274 e. The third-order valence-electron chi connectivity index (χ3n) is 5.13. The first-order chi connectivity index (χ1) is 13.1.